The molecule has 0 bridgehead atoms. The van der Waals surface area contributed by atoms with Gasteiger partial charge in [0.05, 0.1) is 17.3 Å². The Hall–Kier alpha value is -2.96. The van der Waals surface area contributed by atoms with Gasteiger partial charge in [-0.05, 0) is 37.6 Å². The third-order valence-corrected chi connectivity index (χ3v) is 4.80. The normalized spacial score (nSPS) is 19.1. The van der Waals surface area contributed by atoms with Gasteiger partial charge in [0.1, 0.15) is 35.5 Å². The maximum atomic E-state index is 14.2. The highest BCUT2D eigenvalue weighted by Gasteiger charge is 2.36. The van der Waals surface area contributed by atoms with Crippen LogP contribution in [-0.2, 0) is 4.79 Å². The van der Waals surface area contributed by atoms with E-state index in [1.807, 2.05) is 0 Å². The lowest BCUT2D eigenvalue weighted by Gasteiger charge is -2.27. The summed E-state index contributed by atoms with van der Waals surface area (Å²) in [6.07, 6.45) is 0.905. The van der Waals surface area contributed by atoms with Gasteiger partial charge in [-0.1, -0.05) is 6.07 Å². The van der Waals surface area contributed by atoms with Gasteiger partial charge in [-0.2, -0.15) is 0 Å². The minimum absolute atomic E-state index is 0.0158. The van der Waals surface area contributed by atoms with Crippen molar-refractivity contribution in [1.29, 1.82) is 0 Å². The Labute approximate surface area is 155 Å². The average Bonchev–Trinajstić information content (AvgIpc) is 3.06. The van der Waals surface area contributed by atoms with Crippen LogP contribution in [0.15, 0.2) is 36.4 Å². The number of aromatic hydroxyl groups is 1. The average molecular weight is 375 g/mol. The van der Waals surface area contributed by atoms with Crippen molar-refractivity contribution in [3.05, 3.63) is 53.6 Å². The number of hydrogen-bond acceptors (Lipinski definition) is 5. The first kappa shape index (κ1) is 18.8. The molecule has 5 nitrogen and oxygen atoms in total. The van der Waals surface area contributed by atoms with E-state index in [1.54, 1.807) is 4.90 Å². The topological polar surface area (TPSA) is 66.8 Å². The number of ether oxygens (including phenoxy) is 1. The molecule has 0 saturated carbocycles. The zero-order valence-corrected chi connectivity index (χ0v) is 14.7. The van der Waals surface area contributed by atoms with Gasteiger partial charge in [0.2, 0.25) is 0 Å². The summed E-state index contributed by atoms with van der Waals surface area (Å²) in [6.45, 7) is 1.77. The molecule has 0 aliphatic carbocycles. The van der Waals surface area contributed by atoms with E-state index in [0.29, 0.717) is 12.7 Å². The summed E-state index contributed by atoms with van der Waals surface area (Å²) in [5, 5.41) is 9.74. The van der Waals surface area contributed by atoms with Crippen molar-refractivity contribution in [3.63, 3.8) is 0 Å². The van der Waals surface area contributed by atoms with Crippen LogP contribution >= 0.6 is 0 Å². The second-order valence-corrected chi connectivity index (χ2v) is 6.56. The number of Topliss-reactive ketones (excluding diaryl/α,β-unsaturated/α-hetero) is 1. The van der Waals surface area contributed by atoms with Crippen molar-refractivity contribution in [3.8, 4) is 11.5 Å². The molecule has 1 unspecified atom stereocenters. The summed E-state index contributed by atoms with van der Waals surface area (Å²) in [5.41, 5.74) is 0.0842. The predicted octanol–water partition coefficient (Wildman–Crippen LogP) is 3.35. The van der Waals surface area contributed by atoms with E-state index in [4.69, 9.17) is 4.74 Å². The van der Waals surface area contributed by atoms with Gasteiger partial charge < -0.3 is 14.7 Å². The Morgan fingerprint density at radius 1 is 1.33 bits per heavy atom. The third kappa shape index (κ3) is 3.92. The molecule has 1 heterocycles. The van der Waals surface area contributed by atoms with Crippen LogP contribution in [-0.4, -0.2) is 36.4 Å². The number of nitrogens with zero attached hydrogens (tertiary/aromatic N) is 1. The second kappa shape index (κ2) is 7.73. The lowest BCUT2D eigenvalue weighted by molar-refractivity contribution is -0.120. The quantitative estimate of drug-likeness (QED) is 0.785. The van der Waals surface area contributed by atoms with Crippen LogP contribution in [0.3, 0.4) is 0 Å². The van der Waals surface area contributed by atoms with Crippen LogP contribution < -0.4 is 9.64 Å². The Bertz CT molecular complexity index is 871. The number of ketones is 1. The zero-order chi connectivity index (χ0) is 19.6. The first-order valence-electron chi connectivity index (χ1n) is 8.52. The zero-order valence-electron chi connectivity index (χ0n) is 14.7. The fourth-order valence-electron chi connectivity index (χ4n) is 3.33. The Morgan fingerprint density at radius 3 is 2.81 bits per heavy atom. The lowest BCUT2D eigenvalue weighted by atomic mass is 10.0. The van der Waals surface area contributed by atoms with E-state index in [-0.39, 0.29) is 47.6 Å². The maximum absolute atomic E-state index is 14.2. The molecular formula is C20H19F2NO4. The summed E-state index contributed by atoms with van der Waals surface area (Å²) in [5.74, 6) is -1.54. The number of hydrogen-bond donors (Lipinski definition) is 1. The lowest BCUT2D eigenvalue weighted by Crippen LogP contribution is -2.35. The SMILES string of the molecule is CC(=O)C1C[C@@H](COc2cccc(O)c2C=O)N(c2cc(F)ccc2F)C1. The predicted molar refractivity (Wildman–Crippen MR) is 95.3 cm³/mol. The highest BCUT2D eigenvalue weighted by Crippen LogP contribution is 2.33. The Morgan fingerprint density at radius 2 is 2.11 bits per heavy atom. The highest BCUT2D eigenvalue weighted by molar-refractivity contribution is 5.83. The maximum Gasteiger partial charge on any atom is 0.157 e. The molecular weight excluding hydrogens is 356 g/mol. The molecule has 27 heavy (non-hydrogen) atoms. The summed E-state index contributed by atoms with van der Waals surface area (Å²) >= 11 is 0. The summed E-state index contributed by atoms with van der Waals surface area (Å²) < 4.78 is 33.5. The van der Waals surface area contributed by atoms with E-state index >= 15 is 0 Å². The number of aldehydes is 1. The van der Waals surface area contributed by atoms with Gasteiger partial charge in [0.25, 0.3) is 0 Å². The number of benzene rings is 2. The van der Waals surface area contributed by atoms with Gasteiger partial charge >= 0.3 is 0 Å². The summed E-state index contributed by atoms with van der Waals surface area (Å²) in [6, 6.07) is 7.22. The molecule has 1 fully saturated rings. The van der Waals surface area contributed by atoms with Gasteiger partial charge in [-0.15, -0.1) is 0 Å². The van der Waals surface area contributed by atoms with E-state index < -0.39 is 17.7 Å². The molecule has 2 aromatic carbocycles. The van der Waals surface area contributed by atoms with Crippen LogP contribution in [0.5, 0.6) is 11.5 Å². The molecule has 142 valence electrons. The first-order valence-corrected chi connectivity index (χ1v) is 8.52. The minimum Gasteiger partial charge on any atom is -0.507 e. The number of carbonyl (C=O) groups is 2. The molecule has 2 aromatic rings. The minimum atomic E-state index is -0.587. The van der Waals surface area contributed by atoms with Crippen LogP contribution in [0.25, 0.3) is 0 Å². The van der Waals surface area contributed by atoms with Gasteiger partial charge in [0, 0.05) is 18.5 Å². The van der Waals surface area contributed by atoms with Gasteiger partial charge in [-0.3, -0.25) is 9.59 Å². The first-order chi connectivity index (χ1) is 12.9. The van der Waals surface area contributed by atoms with Gasteiger partial charge in [0.15, 0.2) is 6.29 Å². The summed E-state index contributed by atoms with van der Waals surface area (Å²) in [4.78, 5) is 24.6. The van der Waals surface area contributed by atoms with Crippen molar-refractivity contribution < 1.29 is 28.2 Å². The molecule has 0 amide bonds. The van der Waals surface area contributed by atoms with Crippen LogP contribution in [0.1, 0.15) is 23.7 Å². The number of halogens is 2. The second-order valence-electron chi connectivity index (χ2n) is 6.56. The Balaban J connectivity index is 1.85. The van der Waals surface area contributed by atoms with E-state index in [0.717, 1.165) is 18.2 Å². The Kier molecular flexibility index (Phi) is 5.39. The van der Waals surface area contributed by atoms with Crippen LogP contribution in [0.4, 0.5) is 14.5 Å². The smallest absolute Gasteiger partial charge is 0.157 e. The van der Waals surface area contributed by atoms with Gasteiger partial charge in [-0.25, -0.2) is 8.78 Å². The molecule has 1 aliphatic heterocycles. The number of carbonyl (C=O) groups excluding carboxylic acids is 2. The third-order valence-electron chi connectivity index (χ3n) is 4.80. The summed E-state index contributed by atoms with van der Waals surface area (Å²) in [7, 11) is 0. The molecule has 3 rings (SSSR count). The molecule has 7 heteroatoms. The largest absolute Gasteiger partial charge is 0.507 e. The fourth-order valence-corrected chi connectivity index (χ4v) is 3.33. The number of rotatable bonds is 6. The van der Waals surface area contributed by atoms with Crippen molar-refractivity contribution >= 4 is 17.8 Å². The van der Waals surface area contributed by atoms with E-state index in [2.05, 4.69) is 0 Å². The number of phenols is 1. The molecule has 1 saturated heterocycles. The molecule has 1 N–H and O–H groups in total. The number of anilines is 1. The molecule has 0 aromatic heterocycles. The highest BCUT2D eigenvalue weighted by atomic mass is 19.1. The van der Waals surface area contributed by atoms with Crippen molar-refractivity contribution in [2.75, 3.05) is 18.1 Å². The van der Waals surface area contributed by atoms with Crippen molar-refractivity contribution in [2.24, 2.45) is 5.92 Å². The van der Waals surface area contributed by atoms with Crippen LogP contribution in [0, 0.1) is 17.6 Å². The molecule has 0 spiro atoms. The van der Waals surface area contributed by atoms with E-state index in [9.17, 15) is 23.5 Å². The standard InChI is InChI=1S/C20H19F2NO4/c1-12(25)13-7-15(11-27-20-4-2-3-19(26)16(20)10-24)23(9-13)18-8-14(21)5-6-17(18)22/h2-6,8,10,13,15,26H,7,9,11H2,1H3/t13?,15-/m0/s1. The molecule has 1 aliphatic rings. The van der Waals surface area contributed by atoms with Crippen molar-refractivity contribution in [2.45, 2.75) is 19.4 Å². The van der Waals surface area contributed by atoms with Crippen molar-refractivity contribution in [1.82, 2.24) is 0 Å². The van der Waals surface area contributed by atoms with E-state index in [1.165, 1.54) is 25.1 Å². The monoisotopic (exact) mass is 375 g/mol. The fraction of sp³-hybridized carbons (Fsp3) is 0.300. The van der Waals surface area contributed by atoms with Crippen LogP contribution in [0.2, 0.25) is 0 Å². The molecule has 0 radical (unpaired) electrons. The molecule has 2 atom stereocenters. The number of phenolic OH excluding ortho intramolecular Hbond substituents is 1.